The fraction of sp³-hybridized carbons (Fsp3) is 0.500. The van der Waals surface area contributed by atoms with Crippen molar-refractivity contribution < 1.29 is 19.4 Å². The minimum atomic E-state index is -0.381. The Morgan fingerprint density at radius 2 is 2.16 bits per heavy atom. The van der Waals surface area contributed by atoms with Crippen LogP contribution in [0.5, 0.6) is 5.75 Å². The van der Waals surface area contributed by atoms with E-state index in [0.717, 1.165) is 11.1 Å². The van der Waals surface area contributed by atoms with Crippen molar-refractivity contribution in [1.29, 1.82) is 0 Å². The summed E-state index contributed by atoms with van der Waals surface area (Å²) in [5.74, 6) is 0.521. The molecule has 19 heavy (non-hydrogen) atoms. The van der Waals surface area contributed by atoms with E-state index in [1.165, 1.54) is 7.11 Å². The smallest absolute Gasteiger partial charge is 0.224 e. The molecule has 0 aliphatic heterocycles. The molecule has 0 saturated carbocycles. The van der Waals surface area contributed by atoms with Gasteiger partial charge in [0.25, 0.3) is 0 Å². The Bertz CT molecular complexity index is 420. The van der Waals surface area contributed by atoms with E-state index in [1.807, 2.05) is 25.1 Å². The highest BCUT2D eigenvalue weighted by Gasteiger charge is 2.13. The second-order valence-corrected chi connectivity index (χ2v) is 4.39. The van der Waals surface area contributed by atoms with E-state index in [-0.39, 0.29) is 31.6 Å². The van der Waals surface area contributed by atoms with Crippen molar-refractivity contribution in [1.82, 2.24) is 5.32 Å². The summed E-state index contributed by atoms with van der Waals surface area (Å²) < 4.78 is 10.1. The molecular weight excluding hydrogens is 246 g/mol. The van der Waals surface area contributed by atoms with Crippen molar-refractivity contribution in [3.05, 3.63) is 29.3 Å². The monoisotopic (exact) mass is 267 g/mol. The van der Waals surface area contributed by atoms with Crippen LogP contribution >= 0.6 is 0 Å². The molecule has 0 radical (unpaired) electrons. The van der Waals surface area contributed by atoms with Crippen LogP contribution < -0.4 is 10.1 Å². The predicted octanol–water partition coefficient (Wildman–Crippen LogP) is 0.670. The van der Waals surface area contributed by atoms with Crippen molar-refractivity contribution in [3.8, 4) is 5.75 Å². The van der Waals surface area contributed by atoms with Gasteiger partial charge in [-0.05, 0) is 13.0 Å². The molecule has 0 bridgehead atoms. The fourth-order valence-corrected chi connectivity index (χ4v) is 1.84. The van der Waals surface area contributed by atoms with Crippen LogP contribution in [-0.4, -0.2) is 44.5 Å². The number of aliphatic hydroxyl groups is 1. The minimum absolute atomic E-state index is 0.148. The Morgan fingerprint density at radius 3 is 2.74 bits per heavy atom. The van der Waals surface area contributed by atoms with Crippen LogP contribution in [-0.2, 0) is 16.0 Å². The summed E-state index contributed by atoms with van der Waals surface area (Å²) in [6, 6.07) is 5.31. The molecule has 5 heteroatoms. The van der Waals surface area contributed by atoms with Gasteiger partial charge in [0, 0.05) is 12.7 Å². The number of aliphatic hydroxyl groups excluding tert-OH is 1. The first kappa shape index (κ1) is 15.5. The summed E-state index contributed by atoms with van der Waals surface area (Å²) in [6.07, 6.45) is 0.213. The number of amides is 1. The maximum absolute atomic E-state index is 11.9. The van der Waals surface area contributed by atoms with Gasteiger partial charge >= 0.3 is 0 Å². The molecule has 0 aliphatic carbocycles. The number of rotatable bonds is 7. The average molecular weight is 267 g/mol. The predicted molar refractivity (Wildman–Crippen MR) is 72.3 cm³/mol. The third-order valence-corrected chi connectivity index (χ3v) is 2.74. The lowest BCUT2D eigenvalue weighted by Gasteiger charge is -2.16. The molecule has 1 aromatic rings. The lowest BCUT2D eigenvalue weighted by Crippen LogP contribution is -2.41. The summed E-state index contributed by atoms with van der Waals surface area (Å²) in [6.45, 7) is 2.10. The van der Waals surface area contributed by atoms with Gasteiger partial charge in [-0.2, -0.15) is 0 Å². The first-order valence-corrected chi connectivity index (χ1v) is 6.13. The van der Waals surface area contributed by atoms with E-state index in [4.69, 9.17) is 14.6 Å². The van der Waals surface area contributed by atoms with Gasteiger partial charge in [0.1, 0.15) is 5.75 Å². The maximum atomic E-state index is 11.9. The van der Waals surface area contributed by atoms with E-state index >= 15 is 0 Å². The quantitative estimate of drug-likeness (QED) is 0.762. The van der Waals surface area contributed by atoms with Crippen molar-refractivity contribution in [3.63, 3.8) is 0 Å². The van der Waals surface area contributed by atoms with Crippen molar-refractivity contribution in [2.75, 3.05) is 27.4 Å². The lowest BCUT2D eigenvalue weighted by atomic mass is 10.1. The van der Waals surface area contributed by atoms with Crippen LogP contribution in [0.15, 0.2) is 18.2 Å². The van der Waals surface area contributed by atoms with E-state index in [1.54, 1.807) is 7.11 Å². The number of methoxy groups -OCH3 is 2. The SMILES string of the molecule is COCC(CO)NC(=O)Cc1cc(C)ccc1OC. The maximum Gasteiger partial charge on any atom is 0.224 e. The molecular formula is C14H21NO4. The van der Waals surface area contributed by atoms with Crippen LogP contribution in [0.4, 0.5) is 0 Å². The van der Waals surface area contributed by atoms with Crippen LogP contribution in [0.3, 0.4) is 0 Å². The van der Waals surface area contributed by atoms with Gasteiger partial charge in [0.15, 0.2) is 0 Å². The first-order chi connectivity index (χ1) is 9.10. The normalized spacial score (nSPS) is 12.0. The molecule has 0 fully saturated rings. The average Bonchev–Trinajstić information content (AvgIpc) is 2.38. The molecule has 1 aromatic carbocycles. The number of carbonyl (C=O) groups excluding carboxylic acids is 1. The molecule has 106 valence electrons. The minimum Gasteiger partial charge on any atom is -0.496 e. The summed E-state index contributed by atoms with van der Waals surface area (Å²) in [5.41, 5.74) is 1.90. The number of hydrogen-bond acceptors (Lipinski definition) is 4. The van der Waals surface area contributed by atoms with Gasteiger partial charge in [-0.3, -0.25) is 4.79 Å². The molecule has 1 amide bonds. The van der Waals surface area contributed by atoms with Gasteiger partial charge < -0.3 is 19.9 Å². The number of carbonyl (C=O) groups is 1. The Balaban J connectivity index is 2.68. The Morgan fingerprint density at radius 1 is 1.42 bits per heavy atom. The van der Waals surface area contributed by atoms with E-state index < -0.39 is 0 Å². The Labute approximate surface area is 113 Å². The zero-order valence-electron chi connectivity index (χ0n) is 11.6. The molecule has 0 aliphatic rings. The third-order valence-electron chi connectivity index (χ3n) is 2.74. The van der Waals surface area contributed by atoms with Crippen LogP contribution in [0, 0.1) is 6.92 Å². The second-order valence-electron chi connectivity index (χ2n) is 4.39. The standard InChI is InChI=1S/C14H21NO4/c1-10-4-5-13(19-3)11(6-10)7-14(17)15-12(8-16)9-18-2/h4-6,12,16H,7-9H2,1-3H3,(H,15,17). The fourth-order valence-electron chi connectivity index (χ4n) is 1.84. The second kappa shape index (κ2) is 7.76. The molecule has 1 atom stereocenters. The zero-order chi connectivity index (χ0) is 14.3. The van der Waals surface area contributed by atoms with Gasteiger partial charge in [0.05, 0.1) is 32.8 Å². The van der Waals surface area contributed by atoms with Gasteiger partial charge in [-0.1, -0.05) is 17.7 Å². The zero-order valence-corrected chi connectivity index (χ0v) is 11.6. The summed E-state index contributed by atoms with van der Waals surface area (Å²) >= 11 is 0. The largest absolute Gasteiger partial charge is 0.496 e. The molecule has 2 N–H and O–H groups in total. The topological polar surface area (TPSA) is 67.8 Å². The molecule has 0 heterocycles. The molecule has 0 spiro atoms. The molecule has 5 nitrogen and oxygen atoms in total. The van der Waals surface area contributed by atoms with E-state index in [0.29, 0.717) is 5.75 Å². The third kappa shape index (κ3) is 4.89. The van der Waals surface area contributed by atoms with E-state index in [2.05, 4.69) is 5.32 Å². The highest BCUT2D eigenvalue weighted by atomic mass is 16.5. The molecule has 1 unspecified atom stereocenters. The summed E-state index contributed by atoms with van der Waals surface area (Å²) in [7, 11) is 3.10. The number of ether oxygens (including phenoxy) is 2. The van der Waals surface area contributed by atoms with Crippen molar-refractivity contribution in [2.45, 2.75) is 19.4 Å². The molecule has 0 aromatic heterocycles. The summed E-state index contributed by atoms with van der Waals surface area (Å²) in [5, 5.41) is 11.8. The highest BCUT2D eigenvalue weighted by Crippen LogP contribution is 2.20. The number of nitrogens with one attached hydrogen (secondary N) is 1. The highest BCUT2D eigenvalue weighted by molar-refractivity contribution is 5.79. The number of hydrogen-bond donors (Lipinski definition) is 2. The van der Waals surface area contributed by atoms with Crippen LogP contribution in [0.1, 0.15) is 11.1 Å². The van der Waals surface area contributed by atoms with Gasteiger partial charge in [-0.15, -0.1) is 0 Å². The van der Waals surface area contributed by atoms with Gasteiger partial charge in [0.2, 0.25) is 5.91 Å². The molecule has 1 rings (SSSR count). The number of aryl methyl sites for hydroxylation is 1. The van der Waals surface area contributed by atoms with Crippen LogP contribution in [0.2, 0.25) is 0 Å². The van der Waals surface area contributed by atoms with Crippen molar-refractivity contribution in [2.24, 2.45) is 0 Å². The lowest BCUT2D eigenvalue weighted by molar-refractivity contribution is -0.121. The number of benzene rings is 1. The Hall–Kier alpha value is -1.59. The van der Waals surface area contributed by atoms with Gasteiger partial charge in [-0.25, -0.2) is 0 Å². The van der Waals surface area contributed by atoms with Crippen molar-refractivity contribution >= 4 is 5.91 Å². The van der Waals surface area contributed by atoms with E-state index in [9.17, 15) is 4.79 Å². The van der Waals surface area contributed by atoms with Crippen LogP contribution in [0.25, 0.3) is 0 Å². The summed E-state index contributed by atoms with van der Waals surface area (Å²) in [4.78, 5) is 11.9. The first-order valence-electron chi connectivity index (χ1n) is 6.13. The Kier molecular flexibility index (Phi) is 6.32. The molecule has 0 saturated heterocycles.